The van der Waals surface area contributed by atoms with Crippen LogP contribution in [0.25, 0.3) is 0 Å². The number of benzene rings is 2. The van der Waals surface area contributed by atoms with Crippen LogP contribution in [0.1, 0.15) is 43.1 Å². The largest absolute Gasteiger partial charge is 0.376 e. The number of carbonyl (C=O) groups is 3. The first-order valence-corrected chi connectivity index (χ1v) is 9.63. The van der Waals surface area contributed by atoms with E-state index in [1.54, 1.807) is 37.3 Å². The predicted octanol–water partition coefficient (Wildman–Crippen LogP) is 3.53. The molecule has 7 nitrogen and oxygen atoms in total. The molecular formula is C22H28N4O3. The van der Waals surface area contributed by atoms with E-state index in [1.165, 1.54) is 0 Å². The molecule has 0 atom stereocenters. The Morgan fingerprint density at radius 2 is 1.69 bits per heavy atom. The van der Waals surface area contributed by atoms with Gasteiger partial charge in [-0.15, -0.1) is 0 Å². The van der Waals surface area contributed by atoms with Crippen molar-refractivity contribution in [1.29, 1.82) is 0 Å². The molecule has 0 aromatic heterocycles. The van der Waals surface area contributed by atoms with Crippen molar-refractivity contribution in [2.45, 2.75) is 40.2 Å². The van der Waals surface area contributed by atoms with E-state index in [0.717, 1.165) is 11.3 Å². The Morgan fingerprint density at radius 1 is 0.931 bits per heavy atom. The third kappa shape index (κ3) is 6.95. The van der Waals surface area contributed by atoms with E-state index in [4.69, 9.17) is 0 Å². The third-order valence-electron chi connectivity index (χ3n) is 4.11. The fourth-order valence-electron chi connectivity index (χ4n) is 2.58. The highest BCUT2D eigenvalue weighted by molar-refractivity contribution is 5.98. The van der Waals surface area contributed by atoms with E-state index >= 15 is 0 Å². The minimum absolute atomic E-state index is 0.0338. The molecule has 2 rings (SSSR count). The predicted molar refractivity (Wildman–Crippen MR) is 116 cm³/mol. The van der Waals surface area contributed by atoms with Crippen molar-refractivity contribution >= 4 is 34.8 Å². The van der Waals surface area contributed by atoms with Gasteiger partial charge in [-0.3, -0.25) is 14.4 Å². The van der Waals surface area contributed by atoms with Crippen molar-refractivity contribution in [2.24, 2.45) is 0 Å². The van der Waals surface area contributed by atoms with Gasteiger partial charge in [0.1, 0.15) is 0 Å². The molecule has 4 N–H and O–H groups in total. The summed E-state index contributed by atoms with van der Waals surface area (Å²) in [4.78, 5) is 36.0. The first-order chi connectivity index (χ1) is 13.8. The smallest absolute Gasteiger partial charge is 0.251 e. The van der Waals surface area contributed by atoms with E-state index in [2.05, 4.69) is 21.3 Å². The van der Waals surface area contributed by atoms with Gasteiger partial charge >= 0.3 is 0 Å². The van der Waals surface area contributed by atoms with Crippen LogP contribution in [0, 0.1) is 6.92 Å². The zero-order valence-corrected chi connectivity index (χ0v) is 17.3. The Morgan fingerprint density at radius 3 is 2.38 bits per heavy atom. The summed E-state index contributed by atoms with van der Waals surface area (Å²) < 4.78 is 0. The Hall–Kier alpha value is -3.35. The average molecular weight is 396 g/mol. The summed E-state index contributed by atoms with van der Waals surface area (Å²) in [5, 5.41) is 11.5. The maximum Gasteiger partial charge on any atom is 0.251 e. The van der Waals surface area contributed by atoms with Gasteiger partial charge in [0.05, 0.1) is 6.54 Å². The number of hydrogen-bond acceptors (Lipinski definition) is 4. The molecule has 0 fully saturated rings. The molecule has 0 unspecified atom stereocenters. The quantitative estimate of drug-likeness (QED) is 0.548. The number of nitrogens with one attached hydrogen (secondary N) is 4. The van der Waals surface area contributed by atoms with Crippen molar-refractivity contribution < 1.29 is 14.4 Å². The number of hydrogen-bond donors (Lipinski definition) is 4. The number of carbonyl (C=O) groups excluding carboxylic acids is 3. The molecule has 0 aliphatic rings. The molecule has 7 heteroatoms. The lowest BCUT2D eigenvalue weighted by molar-refractivity contribution is -0.116. The molecule has 0 aliphatic carbocycles. The average Bonchev–Trinajstić information content (AvgIpc) is 2.68. The number of amides is 3. The highest BCUT2D eigenvalue weighted by Gasteiger charge is 2.09. The summed E-state index contributed by atoms with van der Waals surface area (Å²) in [5.74, 6) is -0.494. The van der Waals surface area contributed by atoms with Gasteiger partial charge < -0.3 is 21.3 Å². The molecule has 2 aromatic carbocycles. The van der Waals surface area contributed by atoms with Crippen LogP contribution in [0.4, 0.5) is 17.1 Å². The van der Waals surface area contributed by atoms with Crippen LogP contribution >= 0.6 is 0 Å². The molecule has 154 valence electrons. The first kappa shape index (κ1) is 21.9. The van der Waals surface area contributed by atoms with Crippen molar-refractivity contribution in [3.63, 3.8) is 0 Å². The minimum atomic E-state index is -0.244. The normalized spacial score (nSPS) is 10.4. The van der Waals surface area contributed by atoms with Crippen LogP contribution in [0.2, 0.25) is 0 Å². The van der Waals surface area contributed by atoms with Gasteiger partial charge in [0.25, 0.3) is 5.91 Å². The fourth-order valence-corrected chi connectivity index (χ4v) is 2.58. The van der Waals surface area contributed by atoms with E-state index in [0.29, 0.717) is 23.4 Å². The van der Waals surface area contributed by atoms with Gasteiger partial charge in [-0.25, -0.2) is 0 Å². The van der Waals surface area contributed by atoms with E-state index in [1.807, 2.05) is 32.9 Å². The Kier molecular flexibility index (Phi) is 7.77. The standard InChI is InChI=1S/C22H28N4O3/c1-5-20(27)26-19-12-17(10-9-15(19)4)23-13-21(28)25-18-8-6-7-16(11-18)22(29)24-14(2)3/h6-12,14,23H,5,13H2,1-4H3,(H,24,29)(H,25,28)(H,26,27). The highest BCUT2D eigenvalue weighted by atomic mass is 16.2. The van der Waals surface area contributed by atoms with E-state index in [9.17, 15) is 14.4 Å². The second-order valence-electron chi connectivity index (χ2n) is 7.04. The molecule has 3 amide bonds. The van der Waals surface area contributed by atoms with Gasteiger partial charge in [-0.1, -0.05) is 19.1 Å². The second kappa shape index (κ2) is 10.3. The van der Waals surface area contributed by atoms with E-state index in [-0.39, 0.29) is 30.3 Å². The Labute approximate surface area is 171 Å². The van der Waals surface area contributed by atoms with Crippen molar-refractivity contribution in [3.05, 3.63) is 53.6 Å². The molecule has 0 spiro atoms. The molecule has 0 bridgehead atoms. The van der Waals surface area contributed by atoms with Crippen LogP contribution < -0.4 is 21.3 Å². The molecule has 0 aliphatic heterocycles. The molecule has 29 heavy (non-hydrogen) atoms. The van der Waals surface area contributed by atoms with Crippen molar-refractivity contribution in [3.8, 4) is 0 Å². The lowest BCUT2D eigenvalue weighted by Crippen LogP contribution is -2.30. The van der Waals surface area contributed by atoms with Crippen molar-refractivity contribution in [1.82, 2.24) is 5.32 Å². The second-order valence-corrected chi connectivity index (χ2v) is 7.04. The van der Waals surface area contributed by atoms with Gasteiger partial charge in [0, 0.05) is 35.1 Å². The van der Waals surface area contributed by atoms with Gasteiger partial charge in [0.2, 0.25) is 11.8 Å². The van der Waals surface area contributed by atoms with Crippen LogP contribution in [0.15, 0.2) is 42.5 Å². The number of rotatable bonds is 8. The molecular weight excluding hydrogens is 368 g/mol. The molecule has 0 saturated carbocycles. The van der Waals surface area contributed by atoms with Crippen LogP contribution in [-0.2, 0) is 9.59 Å². The van der Waals surface area contributed by atoms with Gasteiger partial charge in [-0.05, 0) is 56.7 Å². The summed E-state index contributed by atoms with van der Waals surface area (Å²) in [6, 6.07) is 12.3. The van der Waals surface area contributed by atoms with Crippen LogP contribution in [-0.4, -0.2) is 30.3 Å². The summed E-state index contributed by atoms with van der Waals surface area (Å²) in [5.41, 5.74) is 3.42. The summed E-state index contributed by atoms with van der Waals surface area (Å²) >= 11 is 0. The maximum absolute atomic E-state index is 12.3. The van der Waals surface area contributed by atoms with Gasteiger partial charge in [-0.2, -0.15) is 0 Å². The Balaban J connectivity index is 1.96. The lowest BCUT2D eigenvalue weighted by atomic mass is 10.1. The van der Waals surface area contributed by atoms with Gasteiger partial charge in [0.15, 0.2) is 0 Å². The first-order valence-electron chi connectivity index (χ1n) is 9.63. The molecule has 0 radical (unpaired) electrons. The fraction of sp³-hybridized carbons (Fsp3) is 0.318. The summed E-state index contributed by atoms with van der Waals surface area (Å²) in [6.07, 6.45) is 0.397. The molecule has 0 heterocycles. The summed E-state index contributed by atoms with van der Waals surface area (Å²) in [6.45, 7) is 7.52. The van der Waals surface area contributed by atoms with Crippen LogP contribution in [0.5, 0.6) is 0 Å². The van der Waals surface area contributed by atoms with Crippen LogP contribution in [0.3, 0.4) is 0 Å². The topological polar surface area (TPSA) is 99.3 Å². The zero-order chi connectivity index (χ0) is 21.4. The van der Waals surface area contributed by atoms with Crippen molar-refractivity contribution in [2.75, 3.05) is 22.5 Å². The van der Waals surface area contributed by atoms with E-state index < -0.39 is 0 Å². The summed E-state index contributed by atoms with van der Waals surface area (Å²) in [7, 11) is 0. The monoisotopic (exact) mass is 396 g/mol. The minimum Gasteiger partial charge on any atom is -0.376 e. The number of aryl methyl sites for hydroxylation is 1. The highest BCUT2D eigenvalue weighted by Crippen LogP contribution is 2.20. The maximum atomic E-state index is 12.3. The third-order valence-corrected chi connectivity index (χ3v) is 4.11. The SMILES string of the molecule is CCC(=O)Nc1cc(NCC(=O)Nc2cccc(C(=O)NC(C)C)c2)ccc1C. The Bertz CT molecular complexity index is 893. The molecule has 2 aromatic rings. The lowest BCUT2D eigenvalue weighted by Gasteiger charge is -2.13. The molecule has 0 saturated heterocycles. The number of anilines is 3. The zero-order valence-electron chi connectivity index (χ0n) is 17.3.